The fraction of sp³-hybridized carbons (Fsp3) is 0.429. The van der Waals surface area contributed by atoms with Gasteiger partial charge in [-0.05, 0) is 0 Å². The van der Waals surface area contributed by atoms with Crippen molar-refractivity contribution in [2.24, 2.45) is 0 Å². The van der Waals surface area contributed by atoms with E-state index in [1.807, 2.05) is 0 Å². The Hall–Kier alpha value is -1.56. The number of carbonyl (C=O) groups is 4. The fourth-order valence-electron chi connectivity index (χ4n) is 0.532. The number of hydrogen-bond donors (Lipinski definition) is 1. The van der Waals surface area contributed by atoms with E-state index in [2.05, 4.69) is 4.74 Å². The number of ketones is 3. The summed E-state index contributed by atoms with van der Waals surface area (Å²) in [7, 11) is 1.21. The van der Waals surface area contributed by atoms with E-state index in [0.717, 1.165) is 0 Å². The molecule has 0 aliphatic carbocycles. The highest BCUT2D eigenvalue weighted by Gasteiger charge is 2.21. The molecule has 6 nitrogen and oxygen atoms in total. The summed E-state index contributed by atoms with van der Waals surface area (Å²) in [4.78, 5) is 41.8. The molecule has 0 radical (unpaired) electrons. The molecule has 0 unspecified atom stereocenters. The SMILES string of the molecule is COCC(=O)C(=O)CC(=O)C(=O)O. The lowest BCUT2D eigenvalue weighted by Gasteiger charge is -1.95. The molecular weight excluding hydrogens is 180 g/mol. The van der Waals surface area contributed by atoms with Gasteiger partial charge >= 0.3 is 5.97 Å². The van der Waals surface area contributed by atoms with E-state index in [4.69, 9.17) is 5.11 Å². The molecule has 0 aromatic carbocycles. The number of aliphatic carboxylic acids is 1. The predicted molar refractivity (Wildman–Crippen MR) is 39.1 cm³/mol. The molecule has 0 aromatic rings. The van der Waals surface area contributed by atoms with Crippen molar-refractivity contribution in [1.29, 1.82) is 0 Å². The number of ether oxygens (including phenoxy) is 1. The van der Waals surface area contributed by atoms with Gasteiger partial charge in [0.2, 0.25) is 17.3 Å². The van der Waals surface area contributed by atoms with E-state index in [-0.39, 0.29) is 0 Å². The molecule has 0 bridgehead atoms. The van der Waals surface area contributed by atoms with Crippen molar-refractivity contribution < 1.29 is 29.0 Å². The molecular formula is C7H8O6. The van der Waals surface area contributed by atoms with E-state index >= 15 is 0 Å². The van der Waals surface area contributed by atoms with Gasteiger partial charge in [0.05, 0.1) is 6.42 Å². The number of carbonyl (C=O) groups excluding carboxylic acids is 3. The molecule has 0 amide bonds. The summed E-state index contributed by atoms with van der Waals surface area (Å²) in [5, 5.41) is 8.10. The second-order valence-corrected chi connectivity index (χ2v) is 2.18. The van der Waals surface area contributed by atoms with Gasteiger partial charge in [0, 0.05) is 7.11 Å². The maximum Gasteiger partial charge on any atom is 0.372 e. The Kier molecular flexibility index (Phi) is 4.53. The average molecular weight is 188 g/mol. The van der Waals surface area contributed by atoms with Crippen LogP contribution in [0, 0.1) is 0 Å². The maximum atomic E-state index is 10.7. The van der Waals surface area contributed by atoms with Crippen molar-refractivity contribution in [1.82, 2.24) is 0 Å². The third-order valence-electron chi connectivity index (χ3n) is 1.15. The molecule has 72 valence electrons. The monoisotopic (exact) mass is 188 g/mol. The van der Waals surface area contributed by atoms with Crippen LogP contribution in [0.1, 0.15) is 6.42 Å². The molecule has 0 atom stereocenters. The van der Waals surface area contributed by atoms with Gasteiger partial charge in [-0.25, -0.2) is 4.79 Å². The summed E-state index contributed by atoms with van der Waals surface area (Å²) >= 11 is 0. The van der Waals surface area contributed by atoms with Crippen LogP contribution in [-0.2, 0) is 23.9 Å². The zero-order valence-electron chi connectivity index (χ0n) is 6.90. The van der Waals surface area contributed by atoms with Crippen LogP contribution in [0.2, 0.25) is 0 Å². The molecule has 0 aliphatic rings. The van der Waals surface area contributed by atoms with Crippen LogP contribution in [0.4, 0.5) is 0 Å². The Balaban J connectivity index is 4.08. The van der Waals surface area contributed by atoms with E-state index in [9.17, 15) is 19.2 Å². The summed E-state index contributed by atoms with van der Waals surface area (Å²) in [6, 6.07) is 0. The minimum atomic E-state index is -1.72. The normalized spacial score (nSPS) is 9.31. The zero-order chi connectivity index (χ0) is 10.4. The minimum Gasteiger partial charge on any atom is -0.475 e. The Labute approximate surface area is 73.5 Å². The Bertz CT molecular complexity index is 254. The number of rotatable bonds is 6. The molecule has 0 spiro atoms. The minimum absolute atomic E-state index is 0.439. The number of hydrogen-bond acceptors (Lipinski definition) is 5. The molecule has 1 N–H and O–H groups in total. The first-order valence-corrected chi connectivity index (χ1v) is 3.30. The summed E-state index contributed by atoms with van der Waals surface area (Å²) < 4.78 is 4.34. The standard InChI is InChI=1S/C7H8O6/c1-13-3-6(10)4(8)2-5(9)7(11)12/h2-3H2,1H3,(H,11,12). The van der Waals surface area contributed by atoms with Crippen LogP contribution in [0.5, 0.6) is 0 Å². The third-order valence-corrected chi connectivity index (χ3v) is 1.15. The number of carboxylic acid groups (broad SMARTS) is 1. The van der Waals surface area contributed by atoms with Gasteiger partial charge < -0.3 is 9.84 Å². The fourth-order valence-corrected chi connectivity index (χ4v) is 0.532. The molecule has 0 rings (SSSR count). The van der Waals surface area contributed by atoms with Crippen molar-refractivity contribution in [3.63, 3.8) is 0 Å². The number of Topliss-reactive ketones (excluding diaryl/α,β-unsaturated/α-hetero) is 3. The van der Waals surface area contributed by atoms with Crippen LogP contribution in [0.25, 0.3) is 0 Å². The summed E-state index contributed by atoms with van der Waals surface area (Å²) in [5.74, 6) is -4.97. The highest BCUT2D eigenvalue weighted by atomic mass is 16.5. The largest absolute Gasteiger partial charge is 0.475 e. The van der Waals surface area contributed by atoms with Gasteiger partial charge in [-0.1, -0.05) is 0 Å². The Morgan fingerprint density at radius 3 is 2.00 bits per heavy atom. The van der Waals surface area contributed by atoms with Crippen molar-refractivity contribution in [3.8, 4) is 0 Å². The topological polar surface area (TPSA) is 97.7 Å². The lowest BCUT2D eigenvalue weighted by atomic mass is 10.1. The van der Waals surface area contributed by atoms with Crippen LogP contribution in [0.15, 0.2) is 0 Å². The predicted octanol–water partition coefficient (Wildman–Crippen LogP) is -1.19. The second-order valence-electron chi connectivity index (χ2n) is 2.18. The summed E-state index contributed by atoms with van der Waals surface area (Å²) in [6.45, 7) is -0.439. The van der Waals surface area contributed by atoms with E-state index in [1.165, 1.54) is 7.11 Å². The van der Waals surface area contributed by atoms with Gasteiger partial charge in [0.15, 0.2) is 0 Å². The third kappa shape index (κ3) is 4.12. The number of methoxy groups -OCH3 is 1. The molecule has 0 aliphatic heterocycles. The van der Waals surface area contributed by atoms with E-state index < -0.39 is 36.3 Å². The molecule has 0 fully saturated rings. The quantitative estimate of drug-likeness (QED) is 0.416. The van der Waals surface area contributed by atoms with Crippen molar-refractivity contribution in [2.45, 2.75) is 6.42 Å². The first kappa shape index (κ1) is 11.4. The van der Waals surface area contributed by atoms with Crippen molar-refractivity contribution in [2.75, 3.05) is 13.7 Å². The van der Waals surface area contributed by atoms with Gasteiger partial charge in [0.25, 0.3) is 0 Å². The highest BCUT2D eigenvalue weighted by Crippen LogP contribution is 1.89. The van der Waals surface area contributed by atoms with Crippen molar-refractivity contribution >= 4 is 23.3 Å². The van der Waals surface area contributed by atoms with Gasteiger partial charge in [-0.3, -0.25) is 14.4 Å². The number of carboxylic acids is 1. The average Bonchev–Trinajstić information content (AvgIpc) is 2.04. The molecule has 0 saturated heterocycles. The van der Waals surface area contributed by atoms with Gasteiger partial charge in [-0.2, -0.15) is 0 Å². The van der Waals surface area contributed by atoms with Crippen LogP contribution in [0.3, 0.4) is 0 Å². The van der Waals surface area contributed by atoms with Gasteiger partial charge in [0.1, 0.15) is 6.61 Å². The second kappa shape index (κ2) is 5.15. The van der Waals surface area contributed by atoms with E-state index in [0.29, 0.717) is 0 Å². The lowest BCUT2D eigenvalue weighted by molar-refractivity contribution is -0.151. The Morgan fingerprint density at radius 2 is 1.62 bits per heavy atom. The van der Waals surface area contributed by atoms with Crippen LogP contribution < -0.4 is 0 Å². The van der Waals surface area contributed by atoms with Gasteiger partial charge in [-0.15, -0.1) is 0 Å². The molecule has 0 heterocycles. The summed E-state index contributed by atoms with van der Waals surface area (Å²) in [5.41, 5.74) is 0. The molecule has 0 saturated carbocycles. The van der Waals surface area contributed by atoms with E-state index in [1.54, 1.807) is 0 Å². The smallest absolute Gasteiger partial charge is 0.372 e. The molecule has 6 heteroatoms. The molecule has 0 aromatic heterocycles. The lowest BCUT2D eigenvalue weighted by Crippen LogP contribution is -2.25. The first-order chi connectivity index (χ1) is 5.99. The Morgan fingerprint density at radius 1 is 1.08 bits per heavy atom. The first-order valence-electron chi connectivity index (χ1n) is 3.30. The van der Waals surface area contributed by atoms with Crippen LogP contribution >= 0.6 is 0 Å². The van der Waals surface area contributed by atoms with Crippen LogP contribution in [-0.4, -0.2) is 42.1 Å². The highest BCUT2D eigenvalue weighted by molar-refractivity contribution is 6.47. The maximum absolute atomic E-state index is 10.7. The molecule has 13 heavy (non-hydrogen) atoms. The zero-order valence-corrected chi connectivity index (χ0v) is 6.90. The van der Waals surface area contributed by atoms with Crippen molar-refractivity contribution in [3.05, 3.63) is 0 Å². The summed E-state index contributed by atoms with van der Waals surface area (Å²) in [6.07, 6.45) is -0.905.